The van der Waals surface area contributed by atoms with E-state index in [0.29, 0.717) is 43.9 Å². The first-order chi connectivity index (χ1) is 19.3. The molecule has 1 aliphatic rings. The van der Waals surface area contributed by atoms with Crippen molar-refractivity contribution in [3.63, 3.8) is 0 Å². The van der Waals surface area contributed by atoms with Gasteiger partial charge in [0.15, 0.2) is 11.0 Å². The zero-order chi connectivity index (χ0) is 28.4. The molecule has 0 saturated heterocycles. The highest BCUT2D eigenvalue weighted by Gasteiger charge is 2.30. The summed E-state index contributed by atoms with van der Waals surface area (Å²) < 4.78 is 22.3. The molecule has 0 saturated carbocycles. The van der Waals surface area contributed by atoms with Crippen LogP contribution in [0.3, 0.4) is 0 Å². The van der Waals surface area contributed by atoms with E-state index in [4.69, 9.17) is 16.3 Å². The fourth-order valence-electron chi connectivity index (χ4n) is 4.75. The molecule has 3 heterocycles. The largest absolute Gasteiger partial charge is 0.462 e. The van der Waals surface area contributed by atoms with Crippen molar-refractivity contribution in [3.05, 3.63) is 57.3 Å². The van der Waals surface area contributed by atoms with Gasteiger partial charge in [0.1, 0.15) is 16.5 Å². The molecule has 0 radical (unpaired) electrons. The second-order valence-corrected chi connectivity index (χ2v) is 11.9. The maximum atomic E-state index is 13.7. The van der Waals surface area contributed by atoms with Crippen LogP contribution in [0.15, 0.2) is 35.6 Å². The van der Waals surface area contributed by atoms with Gasteiger partial charge in [0.2, 0.25) is 5.91 Å². The summed E-state index contributed by atoms with van der Waals surface area (Å²) in [7, 11) is 1.74. The SMILES string of the molecule is CCOC(=O)c1c(NC(=O)CSc2nnc(-c3nn(C)cc3Cl)n2-c2ccc(F)cc2)sc2c1CC[C@H](CC)C2. The fraction of sp³-hybridized carbons (Fsp3) is 0.370. The van der Waals surface area contributed by atoms with Crippen molar-refractivity contribution in [1.29, 1.82) is 0 Å². The molecular weight excluding hydrogens is 575 g/mol. The number of ether oxygens (including phenoxy) is 1. The van der Waals surface area contributed by atoms with E-state index in [2.05, 4.69) is 27.5 Å². The smallest absolute Gasteiger partial charge is 0.341 e. The number of nitrogens with zero attached hydrogens (tertiary/aromatic N) is 5. The summed E-state index contributed by atoms with van der Waals surface area (Å²) in [6.07, 6.45) is 5.42. The van der Waals surface area contributed by atoms with Crippen LogP contribution >= 0.6 is 34.7 Å². The number of anilines is 1. The molecule has 0 unspecified atom stereocenters. The Labute approximate surface area is 244 Å². The Hall–Kier alpha value is -3.22. The minimum absolute atomic E-state index is 0.00229. The van der Waals surface area contributed by atoms with Crippen LogP contribution in [-0.2, 0) is 29.4 Å². The van der Waals surface area contributed by atoms with Crippen molar-refractivity contribution in [3.8, 4) is 17.2 Å². The molecule has 13 heteroatoms. The Morgan fingerprint density at radius 3 is 2.70 bits per heavy atom. The maximum Gasteiger partial charge on any atom is 0.341 e. The molecule has 1 atom stereocenters. The first-order valence-corrected chi connectivity index (χ1v) is 15.1. The lowest BCUT2D eigenvalue weighted by Gasteiger charge is -2.20. The van der Waals surface area contributed by atoms with Gasteiger partial charge < -0.3 is 10.1 Å². The average Bonchev–Trinajstić information content (AvgIpc) is 3.61. The zero-order valence-corrected chi connectivity index (χ0v) is 24.6. The molecule has 4 aromatic rings. The second kappa shape index (κ2) is 12.1. The monoisotopic (exact) mass is 602 g/mol. The standard InChI is InChI=1S/C27H28ClFN6O3S2/c1-4-15-6-11-18-20(12-15)40-25(22(18)26(37)38-5-2)30-21(36)14-39-27-32-31-24(23-19(28)13-34(3)33-23)35(27)17-9-7-16(29)8-10-17/h7-10,13,15H,4-6,11-12,14H2,1-3H3,(H,30,36)/t15-/m0/s1. The van der Waals surface area contributed by atoms with E-state index < -0.39 is 5.97 Å². The van der Waals surface area contributed by atoms with Crippen molar-refractivity contribution in [2.75, 3.05) is 17.7 Å². The number of rotatable bonds is 9. The van der Waals surface area contributed by atoms with Gasteiger partial charge >= 0.3 is 5.97 Å². The van der Waals surface area contributed by atoms with Crippen LogP contribution in [0.2, 0.25) is 5.02 Å². The number of aromatic nitrogens is 5. The third-order valence-corrected chi connectivity index (χ3v) is 9.10. The predicted octanol–water partition coefficient (Wildman–Crippen LogP) is 5.94. The number of halogens is 2. The quantitative estimate of drug-likeness (QED) is 0.187. The van der Waals surface area contributed by atoms with E-state index in [1.807, 2.05) is 0 Å². The van der Waals surface area contributed by atoms with E-state index in [0.717, 1.165) is 47.9 Å². The minimum atomic E-state index is -0.411. The third-order valence-electron chi connectivity index (χ3n) is 6.72. The number of benzene rings is 1. The Morgan fingerprint density at radius 2 is 2.02 bits per heavy atom. The summed E-state index contributed by atoms with van der Waals surface area (Å²) in [5.41, 5.74) is 2.46. The number of carbonyl (C=O) groups excluding carboxylic acids is 2. The molecule has 210 valence electrons. The van der Waals surface area contributed by atoms with Crippen LogP contribution in [0.5, 0.6) is 0 Å². The van der Waals surface area contributed by atoms with Gasteiger partial charge in [0.05, 0.1) is 22.9 Å². The highest BCUT2D eigenvalue weighted by atomic mass is 35.5. The first-order valence-electron chi connectivity index (χ1n) is 12.9. The second-order valence-electron chi connectivity index (χ2n) is 9.40. The van der Waals surface area contributed by atoms with Crippen molar-refractivity contribution in [1.82, 2.24) is 24.5 Å². The average molecular weight is 603 g/mol. The van der Waals surface area contributed by atoms with Crippen molar-refractivity contribution >= 4 is 51.6 Å². The zero-order valence-electron chi connectivity index (χ0n) is 22.2. The summed E-state index contributed by atoms with van der Waals surface area (Å²) >= 11 is 9.00. The molecule has 0 fully saturated rings. The lowest BCUT2D eigenvalue weighted by Crippen LogP contribution is -2.18. The van der Waals surface area contributed by atoms with E-state index in [1.165, 1.54) is 23.5 Å². The first kappa shape index (κ1) is 28.3. The van der Waals surface area contributed by atoms with Gasteiger partial charge in [-0.15, -0.1) is 21.5 Å². The van der Waals surface area contributed by atoms with Crippen molar-refractivity contribution in [2.45, 2.75) is 44.7 Å². The van der Waals surface area contributed by atoms with Gasteiger partial charge in [0.25, 0.3) is 0 Å². The van der Waals surface area contributed by atoms with Crippen LogP contribution in [0.1, 0.15) is 47.5 Å². The Balaban J connectivity index is 1.40. The number of thiophene rings is 1. The lowest BCUT2D eigenvalue weighted by atomic mass is 9.85. The lowest BCUT2D eigenvalue weighted by molar-refractivity contribution is -0.113. The number of thioether (sulfide) groups is 1. The van der Waals surface area contributed by atoms with Crippen LogP contribution in [0.25, 0.3) is 17.2 Å². The number of esters is 1. The summed E-state index contributed by atoms with van der Waals surface area (Å²) in [5, 5.41) is 17.2. The normalized spacial score (nSPS) is 14.7. The van der Waals surface area contributed by atoms with Gasteiger partial charge in [-0.25, -0.2) is 9.18 Å². The number of fused-ring (bicyclic) bond motifs is 1. The third kappa shape index (κ3) is 5.79. The Morgan fingerprint density at radius 1 is 1.25 bits per heavy atom. The highest BCUT2D eigenvalue weighted by Crippen LogP contribution is 2.41. The van der Waals surface area contributed by atoms with Gasteiger partial charge in [-0.1, -0.05) is 36.7 Å². The summed E-state index contributed by atoms with van der Waals surface area (Å²) in [4.78, 5) is 27.2. The molecular formula is C27H28ClFN6O3S2. The van der Waals surface area contributed by atoms with Crippen LogP contribution in [0.4, 0.5) is 9.39 Å². The number of nitrogens with one attached hydrogen (secondary N) is 1. The molecule has 9 nitrogen and oxygen atoms in total. The number of carbonyl (C=O) groups is 2. The Bertz CT molecular complexity index is 1550. The minimum Gasteiger partial charge on any atom is -0.462 e. The topological polar surface area (TPSA) is 104 Å². The molecule has 0 spiro atoms. The molecule has 0 bridgehead atoms. The Kier molecular flexibility index (Phi) is 8.57. The van der Waals surface area contributed by atoms with Gasteiger partial charge in [-0.2, -0.15) is 5.10 Å². The van der Waals surface area contributed by atoms with E-state index in [9.17, 15) is 14.0 Å². The number of hydrogen-bond donors (Lipinski definition) is 1. The van der Waals surface area contributed by atoms with Crippen LogP contribution in [0, 0.1) is 11.7 Å². The molecule has 5 rings (SSSR count). The molecule has 40 heavy (non-hydrogen) atoms. The van der Waals surface area contributed by atoms with Crippen molar-refractivity contribution < 1.29 is 18.7 Å². The maximum absolute atomic E-state index is 13.7. The van der Waals surface area contributed by atoms with E-state index in [1.54, 1.807) is 41.5 Å². The molecule has 1 N–H and O–H groups in total. The number of amides is 1. The summed E-state index contributed by atoms with van der Waals surface area (Å²) in [6.45, 7) is 4.20. The molecule has 0 aliphatic heterocycles. The summed E-state index contributed by atoms with van der Waals surface area (Å²) in [6, 6.07) is 5.85. The molecule has 1 aliphatic carbocycles. The summed E-state index contributed by atoms with van der Waals surface area (Å²) in [5.74, 6) is -0.166. The van der Waals surface area contributed by atoms with Gasteiger partial charge in [0, 0.05) is 23.8 Å². The van der Waals surface area contributed by atoms with Gasteiger partial charge in [-0.3, -0.25) is 14.0 Å². The predicted molar refractivity (Wildman–Crippen MR) is 154 cm³/mol. The van der Waals surface area contributed by atoms with E-state index in [-0.39, 0.29) is 24.1 Å². The van der Waals surface area contributed by atoms with Crippen LogP contribution in [-0.4, -0.2) is 48.8 Å². The van der Waals surface area contributed by atoms with Crippen LogP contribution < -0.4 is 5.32 Å². The number of hydrogen-bond acceptors (Lipinski definition) is 8. The van der Waals surface area contributed by atoms with Gasteiger partial charge in [-0.05, 0) is 61.9 Å². The van der Waals surface area contributed by atoms with E-state index >= 15 is 0 Å². The highest BCUT2D eigenvalue weighted by molar-refractivity contribution is 7.99. The molecule has 1 aromatic carbocycles. The molecule has 3 aromatic heterocycles. The fourth-order valence-corrected chi connectivity index (χ4v) is 7.14. The number of aryl methyl sites for hydroxylation is 1. The van der Waals surface area contributed by atoms with Crippen molar-refractivity contribution in [2.24, 2.45) is 13.0 Å². The molecule has 1 amide bonds.